The minimum Gasteiger partial charge on any atom is -0.449 e. The molecule has 1 aliphatic rings. The molecule has 0 spiro atoms. The molecule has 12 nitrogen and oxygen atoms in total. The summed E-state index contributed by atoms with van der Waals surface area (Å²) in [6, 6.07) is 7.84. The number of hydrogen-bond donors (Lipinski definition) is 5. The number of carbonyl (C=O) groups excluding carboxylic acids is 3. The maximum Gasteiger partial charge on any atom is 0.411 e. The number of aliphatic hydroxyl groups is 3. The highest BCUT2D eigenvalue weighted by atomic mass is 16.6. The van der Waals surface area contributed by atoms with E-state index in [4.69, 9.17) is 14.2 Å². The summed E-state index contributed by atoms with van der Waals surface area (Å²) < 4.78 is 16.9. The highest BCUT2D eigenvalue weighted by Gasteiger charge is 2.48. The standard InChI is InChI=1S/C43H75N3O9/c1-3-5-7-9-11-13-15-16-18-20-22-27-31-53-43(52)46(30-26-21-19-17-14-12-10-8-6-4-2)41-38(40(50)39(49)36(33-47)55-41)45-37(48)32-44-42(51)54-34-35-28-24-23-25-29-35/h23-25,28-29,36,38-41,47,49-50H,3-22,26-27,30-34H2,1-2H3,(H,44,51)(H,45,48)/t36-,38-,39+,40-,41-/m1/s1. The van der Waals surface area contributed by atoms with Crippen LogP contribution < -0.4 is 10.6 Å². The van der Waals surface area contributed by atoms with Crippen molar-refractivity contribution < 1.29 is 43.9 Å². The lowest BCUT2D eigenvalue weighted by Gasteiger charge is -2.46. The summed E-state index contributed by atoms with van der Waals surface area (Å²) in [7, 11) is 0. The molecule has 1 aromatic carbocycles. The fourth-order valence-corrected chi connectivity index (χ4v) is 6.96. The molecule has 0 saturated carbocycles. The molecule has 316 valence electrons. The smallest absolute Gasteiger partial charge is 0.411 e. The average molecular weight is 778 g/mol. The first-order valence-corrected chi connectivity index (χ1v) is 21.6. The number of alkyl carbamates (subject to hydrolysis) is 1. The van der Waals surface area contributed by atoms with E-state index in [-0.39, 0.29) is 19.8 Å². The van der Waals surface area contributed by atoms with Crippen LogP contribution in [0.1, 0.15) is 161 Å². The number of aliphatic hydroxyl groups excluding tert-OH is 3. The lowest BCUT2D eigenvalue weighted by molar-refractivity contribution is -0.226. The maximum atomic E-state index is 13.7. The number of nitrogens with zero attached hydrogens (tertiary/aromatic N) is 1. The van der Waals surface area contributed by atoms with Crippen molar-refractivity contribution >= 4 is 18.1 Å². The van der Waals surface area contributed by atoms with Gasteiger partial charge in [0.2, 0.25) is 5.91 Å². The van der Waals surface area contributed by atoms with Crippen LogP contribution in [0.5, 0.6) is 0 Å². The minimum absolute atomic E-state index is 0.0234. The van der Waals surface area contributed by atoms with Crippen LogP contribution in [0.25, 0.3) is 0 Å². The first-order valence-electron chi connectivity index (χ1n) is 21.6. The fraction of sp³-hybridized carbons (Fsp3) is 0.791. The van der Waals surface area contributed by atoms with Gasteiger partial charge in [-0.05, 0) is 18.4 Å². The van der Waals surface area contributed by atoms with Crippen molar-refractivity contribution in [2.75, 3.05) is 26.3 Å². The summed E-state index contributed by atoms with van der Waals surface area (Å²) in [6.45, 7) is 3.84. The number of carbonyl (C=O) groups is 3. The molecule has 1 heterocycles. The monoisotopic (exact) mass is 778 g/mol. The SMILES string of the molecule is CCCCCCCCCCCCCCOC(=O)N(CCCCCCCCCCCC)[C@@H]1O[C@H](CO)[C@H](O)[C@H](O)[C@H]1NC(=O)CNC(=O)OCc1ccccc1. The van der Waals surface area contributed by atoms with Gasteiger partial charge in [-0.25, -0.2) is 9.59 Å². The van der Waals surface area contributed by atoms with Gasteiger partial charge in [-0.2, -0.15) is 0 Å². The van der Waals surface area contributed by atoms with E-state index in [1.54, 1.807) is 12.1 Å². The summed E-state index contributed by atoms with van der Waals surface area (Å²) in [6.07, 6.45) is 18.3. The molecule has 3 amide bonds. The van der Waals surface area contributed by atoms with Crippen LogP contribution in [0.2, 0.25) is 0 Å². The highest BCUT2D eigenvalue weighted by Crippen LogP contribution is 2.25. The van der Waals surface area contributed by atoms with E-state index in [0.717, 1.165) is 44.1 Å². The van der Waals surface area contributed by atoms with E-state index in [2.05, 4.69) is 24.5 Å². The zero-order valence-electron chi connectivity index (χ0n) is 34.1. The third-order valence-electron chi connectivity index (χ3n) is 10.4. The number of ether oxygens (including phenoxy) is 3. The summed E-state index contributed by atoms with van der Waals surface area (Å²) in [5.41, 5.74) is 0.785. The molecule has 1 saturated heterocycles. The quantitative estimate of drug-likeness (QED) is 0.0471. The number of unbranched alkanes of at least 4 members (excludes halogenated alkanes) is 20. The van der Waals surface area contributed by atoms with Crippen molar-refractivity contribution in [1.29, 1.82) is 0 Å². The predicted molar refractivity (Wildman–Crippen MR) is 215 cm³/mol. The zero-order valence-corrected chi connectivity index (χ0v) is 34.1. The van der Waals surface area contributed by atoms with Crippen LogP contribution in [0.15, 0.2) is 30.3 Å². The molecule has 0 aliphatic carbocycles. The van der Waals surface area contributed by atoms with E-state index in [0.29, 0.717) is 12.8 Å². The summed E-state index contributed by atoms with van der Waals surface area (Å²) >= 11 is 0. The Bertz CT molecular complexity index is 1130. The molecule has 5 atom stereocenters. The number of amides is 3. The van der Waals surface area contributed by atoms with Gasteiger partial charge >= 0.3 is 12.2 Å². The van der Waals surface area contributed by atoms with Gasteiger partial charge in [0.25, 0.3) is 0 Å². The molecule has 0 aromatic heterocycles. The predicted octanol–water partition coefficient (Wildman–Crippen LogP) is 7.90. The Morgan fingerprint density at radius 1 is 0.691 bits per heavy atom. The second-order valence-corrected chi connectivity index (χ2v) is 15.1. The largest absolute Gasteiger partial charge is 0.449 e. The molecule has 0 radical (unpaired) electrons. The maximum absolute atomic E-state index is 13.7. The van der Waals surface area contributed by atoms with Crippen molar-refractivity contribution in [1.82, 2.24) is 15.5 Å². The Balaban J connectivity index is 1.96. The summed E-state index contributed by atoms with van der Waals surface area (Å²) in [5.74, 6) is -0.687. The normalized spacial score (nSPS) is 19.5. The molecule has 55 heavy (non-hydrogen) atoms. The summed E-state index contributed by atoms with van der Waals surface area (Å²) in [5, 5.41) is 36.9. The first-order chi connectivity index (χ1) is 26.8. The molecule has 1 aliphatic heterocycles. The van der Waals surface area contributed by atoms with Crippen LogP contribution in [0, 0.1) is 0 Å². The zero-order chi connectivity index (χ0) is 39.9. The third kappa shape index (κ3) is 21.3. The van der Waals surface area contributed by atoms with E-state index >= 15 is 0 Å². The molecule has 0 bridgehead atoms. The van der Waals surface area contributed by atoms with Crippen molar-refractivity contribution in [2.45, 2.75) is 192 Å². The van der Waals surface area contributed by atoms with Gasteiger partial charge in [0, 0.05) is 6.54 Å². The molecule has 2 rings (SSSR count). The molecule has 1 aromatic rings. The lowest BCUT2D eigenvalue weighted by atomic mass is 9.95. The molecular formula is C43H75N3O9. The Hall–Kier alpha value is -2.93. The minimum atomic E-state index is -1.58. The Morgan fingerprint density at radius 2 is 1.20 bits per heavy atom. The van der Waals surface area contributed by atoms with Crippen LogP contribution in [-0.2, 0) is 25.6 Å². The van der Waals surface area contributed by atoms with Crippen molar-refractivity contribution in [3.8, 4) is 0 Å². The van der Waals surface area contributed by atoms with Crippen LogP contribution in [0.3, 0.4) is 0 Å². The van der Waals surface area contributed by atoms with E-state index < -0.39 is 61.8 Å². The Kier molecular flexibility index (Phi) is 27.3. The number of benzene rings is 1. The molecule has 0 unspecified atom stereocenters. The first kappa shape index (κ1) is 48.2. The van der Waals surface area contributed by atoms with E-state index in [9.17, 15) is 29.7 Å². The summed E-state index contributed by atoms with van der Waals surface area (Å²) in [4.78, 5) is 40.4. The lowest BCUT2D eigenvalue weighted by Crippen LogP contribution is -2.69. The van der Waals surface area contributed by atoms with Gasteiger partial charge in [0.15, 0.2) is 6.23 Å². The average Bonchev–Trinajstić information content (AvgIpc) is 3.19. The highest BCUT2D eigenvalue weighted by molar-refractivity contribution is 5.82. The van der Waals surface area contributed by atoms with E-state index in [1.165, 1.54) is 94.8 Å². The molecule has 5 N–H and O–H groups in total. The van der Waals surface area contributed by atoms with E-state index in [1.807, 2.05) is 18.2 Å². The molecule has 12 heteroatoms. The second-order valence-electron chi connectivity index (χ2n) is 15.1. The van der Waals surface area contributed by atoms with Crippen LogP contribution in [-0.4, -0.2) is 95.2 Å². The Labute approximate surface area is 331 Å². The fourth-order valence-electron chi connectivity index (χ4n) is 6.96. The van der Waals surface area contributed by atoms with Gasteiger partial charge in [0.05, 0.1) is 13.2 Å². The number of rotatable bonds is 31. The van der Waals surface area contributed by atoms with Crippen molar-refractivity contribution in [2.24, 2.45) is 0 Å². The van der Waals surface area contributed by atoms with Crippen LogP contribution >= 0.6 is 0 Å². The Morgan fingerprint density at radius 3 is 1.73 bits per heavy atom. The van der Waals surface area contributed by atoms with Gasteiger partial charge in [0.1, 0.15) is 37.5 Å². The molecule has 1 fully saturated rings. The third-order valence-corrected chi connectivity index (χ3v) is 10.4. The van der Waals surface area contributed by atoms with Crippen molar-refractivity contribution in [3.63, 3.8) is 0 Å². The second kappa shape index (κ2) is 31.2. The number of hydrogen-bond acceptors (Lipinski definition) is 9. The van der Waals surface area contributed by atoms with Gasteiger partial charge in [-0.15, -0.1) is 0 Å². The van der Waals surface area contributed by atoms with Gasteiger partial charge in [-0.1, -0.05) is 173 Å². The van der Waals surface area contributed by atoms with Crippen LogP contribution in [0.4, 0.5) is 9.59 Å². The number of nitrogens with one attached hydrogen (secondary N) is 2. The topological polar surface area (TPSA) is 167 Å². The molecular weight excluding hydrogens is 702 g/mol. The van der Waals surface area contributed by atoms with Crippen molar-refractivity contribution in [3.05, 3.63) is 35.9 Å². The van der Waals surface area contributed by atoms with Gasteiger partial charge < -0.3 is 40.2 Å². The van der Waals surface area contributed by atoms with Gasteiger partial charge in [-0.3, -0.25) is 9.69 Å².